The molecular weight excluding hydrogens is 843 g/mol. The van der Waals surface area contributed by atoms with Crippen molar-refractivity contribution < 1.29 is 126 Å². The predicted octanol–water partition coefficient (Wildman–Crippen LogP) is -0.929. The Kier molecular flexibility index (Phi) is 135. The maximum Gasteiger partial charge on any atom is 0 e. The molecule has 0 aromatic carbocycles. The van der Waals surface area contributed by atoms with Crippen LogP contribution in [0.25, 0.3) is 0 Å². The van der Waals surface area contributed by atoms with Crippen molar-refractivity contribution in [1.29, 1.82) is 0 Å². The Balaban J connectivity index is -0.00000000333. The van der Waals surface area contributed by atoms with Crippen molar-refractivity contribution in [3.05, 3.63) is 0 Å². The predicted molar refractivity (Wildman–Crippen MR) is 8.54 cm³/mol. The fourth-order valence-corrected chi connectivity index (χ4v) is 0. The van der Waals surface area contributed by atoms with Crippen LogP contribution in [0.5, 0.6) is 0 Å². The third kappa shape index (κ3) is 37.5. The summed E-state index contributed by atoms with van der Waals surface area (Å²) in [5, 5.41) is 0. The molecule has 0 unspecified atom stereocenters. The van der Waals surface area contributed by atoms with Gasteiger partial charge in [-0.25, -0.2) is 0 Å². The van der Waals surface area contributed by atoms with E-state index in [1.54, 1.807) is 0 Å². The number of hydrogen-bond donors (Lipinski definition) is 0. The second-order valence-corrected chi connectivity index (χ2v) is 11.3. The smallest absolute Gasteiger partial charge is 0 e. The molecule has 0 nitrogen and oxygen atoms in total. The van der Waals surface area contributed by atoms with Crippen molar-refractivity contribution >= 4 is 5.93 Å². The number of hydrogen-bond acceptors (Lipinski definition) is 0. The maximum absolute atomic E-state index is 2.33. The number of rotatable bonds is 0. The largest absolute Gasteiger partial charge is 0 e. The van der Waals surface area contributed by atoms with E-state index in [0.29, 0.717) is 0 Å². The summed E-state index contributed by atoms with van der Waals surface area (Å²) in [6.07, 6.45) is 0. The molecule has 0 amide bonds. The third-order valence-electron chi connectivity index (χ3n) is 0. The average molecular weight is 845 g/mol. The van der Waals surface area contributed by atoms with Gasteiger partial charge in [0.15, 0.2) is 0 Å². The Morgan fingerprint density at radius 2 is 1.43 bits per heavy atom. The van der Waals surface area contributed by atoms with Crippen molar-refractivity contribution in [2.24, 2.45) is 0 Å². The van der Waals surface area contributed by atoms with Crippen LogP contribution in [0.15, 0.2) is 0 Å². The van der Waals surface area contributed by atoms with Gasteiger partial charge in [0.1, 0.15) is 0 Å². The molecule has 0 bridgehead atoms. The first kappa shape index (κ1) is 30.0. The molecule has 0 N–H and O–H groups in total. The second-order valence-electron chi connectivity index (χ2n) is 0.169. The minimum Gasteiger partial charge on any atom is 0 e. The molecule has 51 valence electrons. The molecule has 0 aliphatic rings. The van der Waals surface area contributed by atoms with Gasteiger partial charge < -0.3 is 0 Å². The SMILES string of the molecule is [BH2][Ta][Re].[Co].[Cr].[Pt].[Tb]. The summed E-state index contributed by atoms with van der Waals surface area (Å²) >= 11 is 2.23. The summed E-state index contributed by atoms with van der Waals surface area (Å²) in [6, 6.07) is 0. The van der Waals surface area contributed by atoms with Gasteiger partial charge in [-0.3, -0.25) is 0 Å². The van der Waals surface area contributed by atoms with Crippen LogP contribution < -0.4 is 0 Å². The molecule has 7 heteroatoms. The summed E-state index contributed by atoms with van der Waals surface area (Å²) in [6.45, 7) is 0. The van der Waals surface area contributed by atoms with Gasteiger partial charge in [-0.15, -0.1) is 0 Å². The van der Waals surface area contributed by atoms with E-state index in [0.717, 1.165) is 0 Å². The molecule has 0 rings (SSSR count). The monoisotopic (exact) mass is 846 g/mol. The van der Waals surface area contributed by atoms with Crippen molar-refractivity contribution in [2.75, 3.05) is 0 Å². The quantitative estimate of drug-likeness (QED) is 0.277. The van der Waals surface area contributed by atoms with Crippen LogP contribution in [0.4, 0.5) is 0 Å². The fraction of sp³-hybridized carbons (Fsp3) is 0. The molecule has 0 saturated carbocycles. The van der Waals surface area contributed by atoms with Crippen LogP contribution in [0.3, 0.4) is 0 Å². The van der Waals surface area contributed by atoms with Gasteiger partial charge in [0, 0.05) is 93.8 Å². The summed E-state index contributed by atoms with van der Waals surface area (Å²) in [7, 11) is 0. The first-order valence-corrected chi connectivity index (χ1v) is 15.0. The second kappa shape index (κ2) is 31.4. The standard InChI is InChI=1S/BH2.Co.Cr.Pt.Re.Ta.Tb/h1H2;;;;;;/q+1;;;;;-1;. The van der Waals surface area contributed by atoms with E-state index in [9.17, 15) is 0 Å². The topological polar surface area (TPSA) is 0 Å². The fourth-order valence-electron chi connectivity index (χ4n) is 0. The normalized spacial score (nSPS) is 1.86. The Hall–Kier alpha value is 4.48. The van der Waals surface area contributed by atoms with E-state index in [1.165, 1.54) is 0 Å². The maximum atomic E-state index is 2.33. The van der Waals surface area contributed by atoms with Gasteiger partial charge in [-0.1, -0.05) is 0 Å². The average Bonchev–Trinajstić information content (AvgIpc) is 0.918. The van der Waals surface area contributed by atoms with Crippen molar-refractivity contribution in [1.82, 2.24) is 0 Å². The first-order chi connectivity index (χ1) is 1.41. The molecule has 7 heavy (non-hydrogen) atoms. The Labute approximate surface area is 129 Å². The molecule has 0 heterocycles. The van der Waals surface area contributed by atoms with Crippen LogP contribution in [0, 0.1) is 38.6 Å². The molecule has 0 atom stereocenters. The molecule has 0 aliphatic carbocycles. The van der Waals surface area contributed by atoms with Gasteiger partial charge in [0.2, 0.25) is 0 Å². The van der Waals surface area contributed by atoms with E-state index in [-0.39, 0.29) is 110 Å². The Morgan fingerprint density at radius 1 is 1.43 bits per heavy atom. The Morgan fingerprint density at radius 3 is 1.43 bits per heavy atom. The molecule has 0 saturated heterocycles. The van der Waals surface area contributed by atoms with E-state index >= 15 is 0 Å². The minimum absolute atomic E-state index is 0. The summed E-state index contributed by atoms with van der Waals surface area (Å²) < 4.78 is 0. The third-order valence-corrected chi connectivity index (χ3v) is 0. The van der Waals surface area contributed by atoms with E-state index < -0.39 is 0 Å². The summed E-state index contributed by atoms with van der Waals surface area (Å²) in [5.41, 5.74) is 0. The molecule has 0 aromatic rings. The zero-order valence-electron chi connectivity index (χ0n) is 3.22. The molecular formula is H2BCoCrPtReTaTb. The molecule has 0 fully saturated rings. The summed E-state index contributed by atoms with van der Waals surface area (Å²) in [4.78, 5) is 0. The Bertz CT molecular complexity index is 19.7. The van der Waals surface area contributed by atoms with Crippen LogP contribution >= 0.6 is 0 Å². The van der Waals surface area contributed by atoms with Crippen LogP contribution in [0.2, 0.25) is 0 Å². The van der Waals surface area contributed by atoms with Gasteiger partial charge >= 0.3 is 38.5 Å². The van der Waals surface area contributed by atoms with Gasteiger partial charge in [0.25, 0.3) is 0 Å². The van der Waals surface area contributed by atoms with E-state index in [4.69, 9.17) is 0 Å². The zero-order valence-corrected chi connectivity index (χ0v) is 15.9. The van der Waals surface area contributed by atoms with Crippen molar-refractivity contribution in [2.45, 2.75) is 0 Å². The van der Waals surface area contributed by atoms with Crippen LogP contribution in [-0.2, 0) is 87.8 Å². The van der Waals surface area contributed by atoms with Gasteiger partial charge in [-0.2, -0.15) is 0 Å². The van der Waals surface area contributed by atoms with E-state index in [1.807, 2.05) is 16.0 Å². The molecule has 2 radical (unpaired) electrons. The molecule has 0 aromatic heterocycles. The van der Waals surface area contributed by atoms with E-state index in [2.05, 4.69) is 5.93 Å². The minimum atomic E-state index is 0. The van der Waals surface area contributed by atoms with Crippen molar-refractivity contribution in [3.63, 3.8) is 0 Å². The van der Waals surface area contributed by atoms with Crippen LogP contribution in [0.1, 0.15) is 0 Å². The summed E-state index contributed by atoms with van der Waals surface area (Å²) in [5.74, 6) is 2.33. The van der Waals surface area contributed by atoms with Gasteiger partial charge in [0.05, 0.1) is 0 Å². The van der Waals surface area contributed by atoms with Crippen molar-refractivity contribution in [3.8, 4) is 0 Å². The first-order valence-electron chi connectivity index (χ1n) is 0.616. The molecule has 0 spiro atoms. The van der Waals surface area contributed by atoms with Crippen LogP contribution in [-0.4, -0.2) is 5.93 Å². The zero-order chi connectivity index (χ0) is 2.71. The van der Waals surface area contributed by atoms with Gasteiger partial charge in [-0.05, 0) is 0 Å². The molecule has 0 aliphatic heterocycles.